The van der Waals surface area contributed by atoms with Gasteiger partial charge < -0.3 is 9.47 Å². The molecule has 0 fully saturated rings. The zero-order valence-electron chi connectivity index (χ0n) is 31.8. The average Bonchev–Trinajstić information content (AvgIpc) is 3.64. The molecule has 0 aliphatic rings. The number of hydrogen-bond acceptors (Lipinski definition) is 1. The lowest BCUT2D eigenvalue weighted by Gasteiger charge is -2.27. The van der Waals surface area contributed by atoms with Gasteiger partial charge in [-0.1, -0.05) is 164 Å². The van der Waals surface area contributed by atoms with Crippen LogP contribution in [0.5, 0.6) is 0 Å². The third-order valence-corrected chi connectivity index (χ3v) is 11.6. The van der Waals surface area contributed by atoms with Crippen LogP contribution in [-0.4, -0.2) is 4.57 Å². The van der Waals surface area contributed by atoms with Crippen molar-refractivity contribution in [1.29, 1.82) is 0 Å². The first-order chi connectivity index (χ1) is 28.8. The van der Waals surface area contributed by atoms with E-state index in [1.54, 1.807) is 0 Å². The fourth-order valence-electron chi connectivity index (χ4n) is 8.77. The zero-order valence-corrected chi connectivity index (χ0v) is 31.8. The van der Waals surface area contributed by atoms with Crippen LogP contribution in [0.4, 0.5) is 17.1 Å². The Morgan fingerprint density at radius 1 is 0.293 bits per heavy atom. The lowest BCUT2D eigenvalue weighted by atomic mass is 9.98. The lowest BCUT2D eigenvalue weighted by Crippen LogP contribution is -2.10. The van der Waals surface area contributed by atoms with Crippen molar-refractivity contribution in [3.63, 3.8) is 0 Å². The van der Waals surface area contributed by atoms with Gasteiger partial charge >= 0.3 is 0 Å². The minimum Gasteiger partial charge on any atom is -0.310 e. The topological polar surface area (TPSA) is 8.17 Å². The minimum atomic E-state index is 1.10. The number of aromatic nitrogens is 1. The maximum absolute atomic E-state index is 2.40. The predicted octanol–water partition coefficient (Wildman–Crippen LogP) is 15.6. The molecule has 272 valence electrons. The van der Waals surface area contributed by atoms with E-state index in [4.69, 9.17) is 0 Å². The van der Waals surface area contributed by atoms with Gasteiger partial charge in [0.25, 0.3) is 0 Å². The second kappa shape index (κ2) is 14.1. The van der Waals surface area contributed by atoms with Crippen LogP contribution in [0.3, 0.4) is 0 Å². The van der Waals surface area contributed by atoms with E-state index < -0.39 is 0 Å². The summed E-state index contributed by atoms with van der Waals surface area (Å²) in [5, 5.41) is 7.48. The SMILES string of the molecule is c1ccc(-c2cccc(-c3ccc(N(c4ccc(-c5ccc6c(c5)c5c7ccccc7ccc5n6-c5ccccc5)cc4)c4cccc5ccccc45)cc3)c2)cc1. The summed E-state index contributed by atoms with van der Waals surface area (Å²) in [6, 6.07) is 83.6. The number of fused-ring (bicyclic) bond motifs is 6. The van der Waals surface area contributed by atoms with Gasteiger partial charge in [0.15, 0.2) is 0 Å². The van der Waals surface area contributed by atoms with E-state index in [0.29, 0.717) is 0 Å². The molecule has 11 rings (SSSR count). The number of nitrogens with zero attached hydrogens (tertiary/aromatic N) is 2. The molecule has 0 unspecified atom stereocenters. The van der Waals surface area contributed by atoms with Crippen LogP contribution in [0.15, 0.2) is 231 Å². The zero-order chi connectivity index (χ0) is 38.4. The van der Waals surface area contributed by atoms with Crippen molar-refractivity contribution in [3.8, 4) is 39.1 Å². The van der Waals surface area contributed by atoms with Gasteiger partial charge in [-0.3, -0.25) is 0 Å². The summed E-state index contributed by atoms with van der Waals surface area (Å²) in [5.74, 6) is 0. The third kappa shape index (κ3) is 5.82. The molecule has 1 heterocycles. The summed E-state index contributed by atoms with van der Waals surface area (Å²) in [7, 11) is 0. The van der Waals surface area contributed by atoms with Crippen molar-refractivity contribution >= 4 is 60.4 Å². The van der Waals surface area contributed by atoms with Crippen LogP contribution in [0.2, 0.25) is 0 Å². The van der Waals surface area contributed by atoms with Crippen molar-refractivity contribution in [1.82, 2.24) is 4.57 Å². The van der Waals surface area contributed by atoms with E-state index in [9.17, 15) is 0 Å². The lowest BCUT2D eigenvalue weighted by molar-refractivity contribution is 1.18. The second-order valence-electron chi connectivity index (χ2n) is 15.0. The van der Waals surface area contributed by atoms with Gasteiger partial charge in [-0.2, -0.15) is 0 Å². The Bertz CT molecular complexity index is 3250. The molecule has 0 saturated heterocycles. The maximum atomic E-state index is 2.40. The van der Waals surface area contributed by atoms with Crippen LogP contribution in [0.25, 0.3) is 82.4 Å². The van der Waals surface area contributed by atoms with Crippen LogP contribution in [0.1, 0.15) is 0 Å². The predicted molar refractivity (Wildman–Crippen MR) is 247 cm³/mol. The van der Waals surface area contributed by atoms with Crippen molar-refractivity contribution in [3.05, 3.63) is 231 Å². The molecule has 2 heteroatoms. The number of para-hydroxylation sites is 1. The van der Waals surface area contributed by atoms with E-state index in [1.165, 1.54) is 76.7 Å². The standard InChI is InChI=1S/C56H38N2/c1-3-13-39(14-4-1)44-18-11-19-45(37-44)40-25-31-48(32-26-40)57(53-24-12-17-42-15-7-9-22-50(42)53)49-33-27-41(28-34-49)46-30-35-54-52(38-46)56-51-23-10-8-16-43(51)29-36-55(56)58(54)47-20-5-2-6-21-47/h1-38H. The van der Waals surface area contributed by atoms with E-state index in [0.717, 1.165) is 22.7 Å². The molecule has 0 bridgehead atoms. The molecule has 0 saturated carbocycles. The van der Waals surface area contributed by atoms with E-state index in [1.807, 2.05) is 0 Å². The molecule has 0 atom stereocenters. The highest BCUT2D eigenvalue weighted by Gasteiger charge is 2.18. The summed E-state index contributed by atoms with van der Waals surface area (Å²) in [6.07, 6.45) is 0. The molecule has 1 aromatic heterocycles. The number of hydrogen-bond donors (Lipinski definition) is 0. The molecule has 0 radical (unpaired) electrons. The Labute approximate surface area is 338 Å². The van der Waals surface area contributed by atoms with Gasteiger partial charge in [0.05, 0.1) is 16.7 Å². The summed E-state index contributed by atoms with van der Waals surface area (Å²) in [6.45, 7) is 0. The number of anilines is 3. The molecular formula is C56H38N2. The average molecular weight is 739 g/mol. The van der Waals surface area contributed by atoms with Gasteiger partial charge in [-0.05, 0) is 116 Å². The smallest absolute Gasteiger partial charge is 0.0547 e. The Morgan fingerprint density at radius 2 is 0.776 bits per heavy atom. The van der Waals surface area contributed by atoms with Gasteiger partial charge in [-0.15, -0.1) is 0 Å². The Morgan fingerprint density at radius 3 is 1.47 bits per heavy atom. The normalized spacial score (nSPS) is 11.4. The van der Waals surface area contributed by atoms with Gasteiger partial charge in [0.1, 0.15) is 0 Å². The molecule has 0 aliphatic carbocycles. The summed E-state index contributed by atoms with van der Waals surface area (Å²) in [5.41, 5.74) is 14.1. The van der Waals surface area contributed by atoms with E-state index in [2.05, 4.69) is 240 Å². The highest BCUT2D eigenvalue weighted by Crippen LogP contribution is 2.42. The number of benzene rings is 10. The Kier molecular flexibility index (Phi) is 8.19. The molecule has 0 spiro atoms. The van der Waals surface area contributed by atoms with Gasteiger partial charge in [0, 0.05) is 33.2 Å². The first-order valence-corrected chi connectivity index (χ1v) is 19.9. The van der Waals surface area contributed by atoms with E-state index in [-0.39, 0.29) is 0 Å². The highest BCUT2D eigenvalue weighted by molar-refractivity contribution is 6.22. The molecule has 0 N–H and O–H groups in total. The molecule has 11 aromatic rings. The van der Waals surface area contributed by atoms with Crippen molar-refractivity contribution in [2.45, 2.75) is 0 Å². The van der Waals surface area contributed by atoms with Gasteiger partial charge in [-0.25, -0.2) is 0 Å². The van der Waals surface area contributed by atoms with Crippen LogP contribution in [0, 0.1) is 0 Å². The fourth-order valence-corrected chi connectivity index (χ4v) is 8.77. The third-order valence-electron chi connectivity index (χ3n) is 11.6. The van der Waals surface area contributed by atoms with Crippen molar-refractivity contribution in [2.75, 3.05) is 4.90 Å². The molecular weight excluding hydrogens is 701 g/mol. The largest absolute Gasteiger partial charge is 0.310 e. The summed E-state index contributed by atoms with van der Waals surface area (Å²) >= 11 is 0. The molecule has 0 amide bonds. The molecule has 0 aliphatic heterocycles. The summed E-state index contributed by atoms with van der Waals surface area (Å²) in [4.78, 5) is 2.39. The van der Waals surface area contributed by atoms with E-state index >= 15 is 0 Å². The van der Waals surface area contributed by atoms with Crippen molar-refractivity contribution in [2.24, 2.45) is 0 Å². The van der Waals surface area contributed by atoms with Crippen LogP contribution in [-0.2, 0) is 0 Å². The van der Waals surface area contributed by atoms with Crippen LogP contribution >= 0.6 is 0 Å². The highest BCUT2D eigenvalue weighted by atomic mass is 15.1. The van der Waals surface area contributed by atoms with Crippen molar-refractivity contribution < 1.29 is 0 Å². The molecule has 10 aromatic carbocycles. The Balaban J connectivity index is 1.01. The van der Waals surface area contributed by atoms with Crippen LogP contribution < -0.4 is 4.90 Å². The molecule has 58 heavy (non-hydrogen) atoms. The Hall–Kier alpha value is -7.68. The first kappa shape index (κ1) is 33.6. The second-order valence-corrected chi connectivity index (χ2v) is 15.0. The minimum absolute atomic E-state index is 1.10. The quantitative estimate of drug-likeness (QED) is 0.158. The first-order valence-electron chi connectivity index (χ1n) is 19.9. The maximum Gasteiger partial charge on any atom is 0.0547 e. The summed E-state index contributed by atoms with van der Waals surface area (Å²) < 4.78 is 2.40. The van der Waals surface area contributed by atoms with Gasteiger partial charge in [0.2, 0.25) is 0 Å². The fraction of sp³-hybridized carbons (Fsp3) is 0. The monoisotopic (exact) mass is 738 g/mol. The molecule has 2 nitrogen and oxygen atoms in total. The number of rotatable bonds is 7.